The van der Waals surface area contributed by atoms with Crippen LogP contribution in [0.3, 0.4) is 0 Å². The summed E-state index contributed by atoms with van der Waals surface area (Å²) < 4.78 is 0. The van der Waals surface area contributed by atoms with Gasteiger partial charge in [-0.3, -0.25) is 0 Å². The van der Waals surface area contributed by atoms with Gasteiger partial charge in [0, 0.05) is 11.1 Å². The third kappa shape index (κ3) is 3.83. The minimum absolute atomic E-state index is 0.00128. The summed E-state index contributed by atoms with van der Waals surface area (Å²) in [5, 5.41) is 11.7. The Morgan fingerprint density at radius 1 is 1.14 bits per heavy atom. The molecule has 21 heavy (non-hydrogen) atoms. The molecule has 0 aromatic heterocycles. The van der Waals surface area contributed by atoms with Crippen LogP contribution in [0.5, 0.6) is 0 Å². The van der Waals surface area contributed by atoms with E-state index in [1.165, 1.54) is 6.42 Å². The van der Waals surface area contributed by atoms with Crippen molar-refractivity contribution in [1.82, 2.24) is 10.5 Å². The Bertz CT molecular complexity index is 429. The molecule has 0 amide bonds. The first-order valence-corrected chi connectivity index (χ1v) is 7.75. The van der Waals surface area contributed by atoms with Crippen LogP contribution in [0.1, 0.15) is 58.6 Å². The molecular formula is C17H28N2O2. The molecular weight excluding hydrogens is 264 g/mol. The number of nitrogens with zero attached hydrogens (tertiary/aromatic N) is 1. The maximum Gasteiger partial charge on any atom is 0.0821 e. The van der Waals surface area contributed by atoms with E-state index in [1.54, 1.807) is 0 Å². The molecule has 1 atom stereocenters. The topological polar surface area (TPSA) is 44.7 Å². The summed E-state index contributed by atoms with van der Waals surface area (Å²) in [4.78, 5) is 5.94. The average molecular weight is 292 g/mol. The normalized spacial score (nSPS) is 22.9. The van der Waals surface area contributed by atoms with Gasteiger partial charge in [-0.1, -0.05) is 30.3 Å². The van der Waals surface area contributed by atoms with E-state index in [0.29, 0.717) is 0 Å². The van der Waals surface area contributed by atoms with Crippen molar-refractivity contribution in [2.24, 2.45) is 0 Å². The van der Waals surface area contributed by atoms with Gasteiger partial charge in [0.25, 0.3) is 0 Å². The van der Waals surface area contributed by atoms with Gasteiger partial charge in [0.05, 0.1) is 12.6 Å². The van der Waals surface area contributed by atoms with Gasteiger partial charge in [0.2, 0.25) is 0 Å². The molecule has 1 aliphatic heterocycles. The zero-order chi connectivity index (χ0) is 15.5. The lowest BCUT2D eigenvalue weighted by Gasteiger charge is -2.50. The Balaban J connectivity index is 2.06. The minimum Gasteiger partial charge on any atom is -0.394 e. The van der Waals surface area contributed by atoms with Crippen LogP contribution in [0.2, 0.25) is 0 Å². The summed E-state index contributed by atoms with van der Waals surface area (Å²) in [5.41, 5.74) is 4.02. The highest BCUT2D eigenvalue weighted by atomic mass is 16.8. The van der Waals surface area contributed by atoms with Crippen molar-refractivity contribution in [2.45, 2.75) is 64.1 Å². The van der Waals surface area contributed by atoms with Gasteiger partial charge in [0.15, 0.2) is 0 Å². The van der Waals surface area contributed by atoms with E-state index in [4.69, 9.17) is 4.94 Å². The molecule has 1 aromatic carbocycles. The number of nitrogens with one attached hydrogen (secondary N) is 1. The standard InChI is InChI=1S/C17H28N2O2/c1-16(2)11-8-12-17(3,4)19(16)21-18-15(13-20)14-9-6-5-7-10-14/h5-7,9-10,15,18,20H,8,11-13H2,1-4H3. The number of aliphatic hydroxyl groups is 1. The molecule has 1 unspecified atom stereocenters. The predicted octanol–water partition coefficient (Wildman–Crippen LogP) is 3.20. The van der Waals surface area contributed by atoms with E-state index in [1.807, 2.05) is 30.3 Å². The monoisotopic (exact) mass is 292 g/mol. The predicted molar refractivity (Wildman–Crippen MR) is 84.3 cm³/mol. The number of hydroxylamine groups is 3. The van der Waals surface area contributed by atoms with Crippen molar-refractivity contribution in [3.05, 3.63) is 35.9 Å². The molecule has 1 fully saturated rings. The van der Waals surface area contributed by atoms with E-state index in [0.717, 1.165) is 18.4 Å². The fourth-order valence-corrected chi connectivity index (χ4v) is 3.24. The fourth-order valence-electron chi connectivity index (χ4n) is 3.24. The number of piperidine rings is 1. The first-order valence-electron chi connectivity index (χ1n) is 7.75. The van der Waals surface area contributed by atoms with E-state index in [9.17, 15) is 5.11 Å². The minimum atomic E-state index is -0.222. The van der Waals surface area contributed by atoms with Crippen molar-refractivity contribution in [3.63, 3.8) is 0 Å². The van der Waals surface area contributed by atoms with Crippen LogP contribution in [0, 0.1) is 0 Å². The third-order valence-corrected chi connectivity index (χ3v) is 4.35. The first-order chi connectivity index (χ1) is 9.87. The lowest BCUT2D eigenvalue weighted by atomic mass is 9.82. The number of hydrogen-bond donors (Lipinski definition) is 2. The Morgan fingerprint density at radius 3 is 2.24 bits per heavy atom. The average Bonchev–Trinajstić information content (AvgIpc) is 2.42. The quantitative estimate of drug-likeness (QED) is 0.818. The van der Waals surface area contributed by atoms with Crippen molar-refractivity contribution in [1.29, 1.82) is 0 Å². The Labute approximate surface area is 128 Å². The van der Waals surface area contributed by atoms with Gasteiger partial charge >= 0.3 is 0 Å². The Morgan fingerprint density at radius 2 is 1.71 bits per heavy atom. The number of benzene rings is 1. The van der Waals surface area contributed by atoms with E-state index < -0.39 is 0 Å². The van der Waals surface area contributed by atoms with Crippen LogP contribution < -0.4 is 5.48 Å². The molecule has 4 heteroatoms. The summed E-state index contributed by atoms with van der Waals surface area (Å²) in [6.45, 7) is 8.80. The van der Waals surface area contributed by atoms with Gasteiger partial charge in [-0.2, -0.15) is 10.5 Å². The largest absolute Gasteiger partial charge is 0.394 e. The van der Waals surface area contributed by atoms with Crippen LogP contribution in [0.15, 0.2) is 30.3 Å². The van der Waals surface area contributed by atoms with Crippen LogP contribution >= 0.6 is 0 Å². The second-order valence-electron chi connectivity index (χ2n) is 7.13. The van der Waals surface area contributed by atoms with Crippen LogP contribution in [-0.4, -0.2) is 27.9 Å². The first kappa shape index (κ1) is 16.4. The SMILES string of the molecule is CC1(C)CCCC(C)(C)N1ONC(CO)c1ccccc1. The van der Waals surface area contributed by atoms with Crippen LogP contribution in [-0.2, 0) is 4.94 Å². The van der Waals surface area contributed by atoms with Crippen molar-refractivity contribution in [2.75, 3.05) is 6.61 Å². The second kappa shape index (κ2) is 6.44. The lowest BCUT2D eigenvalue weighted by Crippen LogP contribution is -2.60. The molecule has 2 rings (SSSR count). The number of rotatable bonds is 5. The fraction of sp³-hybridized carbons (Fsp3) is 0.647. The summed E-state index contributed by atoms with van der Waals surface area (Å²) in [6.07, 6.45) is 3.42. The zero-order valence-electron chi connectivity index (χ0n) is 13.6. The molecule has 0 aliphatic carbocycles. The van der Waals surface area contributed by atoms with E-state index in [-0.39, 0.29) is 23.7 Å². The van der Waals surface area contributed by atoms with Crippen molar-refractivity contribution in [3.8, 4) is 0 Å². The maximum atomic E-state index is 9.61. The molecule has 0 saturated carbocycles. The lowest BCUT2D eigenvalue weighted by molar-refractivity contribution is -0.321. The smallest absolute Gasteiger partial charge is 0.0821 e. The highest BCUT2D eigenvalue weighted by molar-refractivity contribution is 5.18. The summed E-state index contributed by atoms with van der Waals surface area (Å²) >= 11 is 0. The number of hydrogen-bond acceptors (Lipinski definition) is 4. The van der Waals surface area contributed by atoms with Gasteiger partial charge in [-0.15, -0.1) is 0 Å². The third-order valence-electron chi connectivity index (χ3n) is 4.35. The van der Waals surface area contributed by atoms with Crippen LogP contribution in [0.25, 0.3) is 0 Å². The van der Waals surface area contributed by atoms with Gasteiger partial charge in [-0.05, 0) is 52.5 Å². The van der Waals surface area contributed by atoms with E-state index >= 15 is 0 Å². The Hall–Kier alpha value is -0.940. The molecule has 1 aromatic rings. The molecule has 0 radical (unpaired) electrons. The highest BCUT2D eigenvalue weighted by Crippen LogP contribution is 2.38. The van der Waals surface area contributed by atoms with Gasteiger partial charge in [-0.25, -0.2) is 4.94 Å². The molecule has 4 nitrogen and oxygen atoms in total. The van der Waals surface area contributed by atoms with Crippen LogP contribution in [0.4, 0.5) is 0 Å². The molecule has 1 aliphatic rings. The summed E-state index contributed by atoms with van der Waals surface area (Å²) in [5.74, 6) is 0. The molecule has 1 heterocycles. The molecule has 118 valence electrons. The van der Waals surface area contributed by atoms with E-state index in [2.05, 4.69) is 38.2 Å². The molecule has 2 N–H and O–H groups in total. The van der Waals surface area contributed by atoms with Crippen molar-refractivity contribution >= 4 is 0 Å². The summed E-state index contributed by atoms with van der Waals surface area (Å²) in [7, 11) is 0. The maximum absolute atomic E-state index is 9.61. The molecule has 0 spiro atoms. The molecule has 1 saturated heterocycles. The highest BCUT2D eigenvalue weighted by Gasteiger charge is 2.43. The second-order valence-corrected chi connectivity index (χ2v) is 7.13. The zero-order valence-corrected chi connectivity index (χ0v) is 13.6. The van der Waals surface area contributed by atoms with Gasteiger partial charge in [0.1, 0.15) is 0 Å². The molecule has 0 bridgehead atoms. The summed E-state index contributed by atoms with van der Waals surface area (Å²) in [6, 6.07) is 9.66. The van der Waals surface area contributed by atoms with Gasteiger partial charge < -0.3 is 5.11 Å². The van der Waals surface area contributed by atoms with Crippen molar-refractivity contribution < 1.29 is 10.0 Å². The Kier molecular flexibility index (Phi) is 5.04. The number of aliphatic hydroxyl groups excluding tert-OH is 1.